The molecule has 29 heavy (non-hydrogen) atoms. The number of aromatic nitrogens is 2. The third kappa shape index (κ3) is 4.55. The third-order valence-corrected chi connectivity index (χ3v) is 4.63. The Kier molecular flexibility index (Phi) is 6.15. The summed E-state index contributed by atoms with van der Waals surface area (Å²) in [6.07, 6.45) is 0.636. The van der Waals surface area contributed by atoms with Gasteiger partial charge in [-0.25, -0.2) is 4.79 Å². The van der Waals surface area contributed by atoms with E-state index in [1.165, 1.54) is 18.7 Å². The van der Waals surface area contributed by atoms with Gasteiger partial charge in [-0.3, -0.25) is 13.9 Å². The lowest BCUT2D eigenvalue weighted by molar-refractivity contribution is 0.306. The molecule has 0 saturated carbocycles. The number of ether oxygens (including phenoxy) is 1. The van der Waals surface area contributed by atoms with Crippen LogP contribution in [0.1, 0.15) is 16.7 Å². The third-order valence-electron chi connectivity index (χ3n) is 4.63. The van der Waals surface area contributed by atoms with Crippen LogP contribution in [0.3, 0.4) is 0 Å². The van der Waals surface area contributed by atoms with Gasteiger partial charge in [-0.05, 0) is 29.7 Å². The van der Waals surface area contributed by atoms with Crippen molar-refractivity contribution in [3.63, 3.8) is 0 Å². The summed E-state index contributed by atoms with van der Waals surface area (Å²) >= 11 is 0. The zero-order valence-electron chi connectivity index (χ0n) is 16.4. The van der Waals surface area contributed by atoms with E-state index in [1.807, 2.05) is 60.7 Å². The summed E-state index contributed by atoms with van der Waals surface area (Å²) < 4.78 is 8.05. The normalized spacial score (nSPS) is 10.4. The van der Waals surface area contributed by atoms with E-state index in [2.05, 4.69) is 5.32 Å². The minimum Gasteiger partial charge on any atom is -0.489 e. The molecule has 3 rings (SSSR count). The lowest BCUT2D eigenvalue weighted by atomic mass is 10.1. The Bertz CT molecular complexity index is 1160. The van der Waals surface area contributed by atoms with Gasteiger partial charge in [0.2, 0.25) is 0 Å². The van der Waals surface area contributed by atoms with Crippen LogP contribution in [0.4, 0.5) is 5.82 Å². The maximum Gasteiger partial charge on any atom is 0.332 e. The number of hydrogen-bond acceptors (Lipinski definition) is 5. The Morgan fingerprint density at radius 3 is 2.45 bits per heavy atom. The zero-order valence-corrected chi connectivity index (χ0v) is 16.4. The van der Waals surface area contributed by atoms with Crippen molar-refractivity contribution in [3.8, 4) is 11.8 Å². The molecule has 0 bridgehead atoms. The molecule has 0 atom stereocenters. The molecule has 0 spiro atoms. The molecular weight excluding hydrogens is 368 g/mol. The van der Waals surface area contributed by atoms with E-state index in [9.17, 15) is 14.9 Å². The molecule has 0 fully saturated rings. The van der Waals surface area contributed by atoms with Crippen molar-refractivity contribution in [2.24, 2.45) is 14.1 Å². The van der Waals surface area contributed by atoms with Gasteiger partial charge >= 0.3 is 5.69 Å². The first-order valence-electron chi connectivity index (χ1n) is 9.21. The fourth-order valence-corrected chi connectivity index (χ4v) is 3.01. The van der Waals surface area contributed by atoms with Crippen LogP contribution in [-0.2, 0) is 27.1 Å². The smallest absolute Gasteiger partial charge is 0.332 e. The Morgan fingerprint density at radius 1 is 1.00 bits per heavy atom. The molecule has 0 aliphatic heterocycles. The van der Waals surface area contributed by atoms with E-state index in [4.69, 9.17) is 4.74 Å². The van der Waals surface area contributed by atoms with Crippen molar-refractivity contribution < 1.29 is 4.74 Å². The first-order chi connectivity index (χ1) is 14.0. The Labute approximate surface area is 168 Å². The number of anilines is 1. The zero-order chi connectivity index (χ0) is 20.8. The molecular formula is C22H22N4O3. The van der Waals surface area contributed by atoms with Gasteiger partial charge in [0, 0.05) is 20.6 Å². The van der Waals surface area contributed by atoms with Crippen LogP contribution in [0, 0.1) is 11.3 Å². The van der Waals surface area contributed by atoms with Gasteiger partial charge in [-0.1, -0.05) is 42.5 Å². The lowest BCUT2D eigenvalue weighted by Crippen LogP contribution is -2.40. The summed E-state index contributed by atoms with van der Waals surface area (Å²) in [6.45, 7) is 0.945. The number of nitriles is 1. The van der Waals surface area contributed by atoms with Crippen LogP contribution in [0.5, 0.6) is 5.75 Å². The lowest BCUT2D eigenvalue weighted by Gasteiger charge is -2.14. The van der Waals surface area contributed by atoms with Crippen LogP contribution in [0.15, 0.2) is 64.2 Å². The molecule has 7 heteroatoms. The molecule has 0 saturated heterocycles. The summed E-state index contributed by atoms with van der Waals surface area (Å²) in [4.78, 5) is 24.2. The predicted octanol–water partition coefficient (Wildman–Crippen LogP) is 2.19. The number of nitrogens with one attached hydrogen (secondary N) is 1. The van der Waals surface area contributed by atoms with E-state index in [0.717, 1.165) is 21.4 Å². The van der Waals surface area contributed by atoms with Gasteiger partial charge in [0.05, 0.1) is 0 Å². The van der Waals surface area contributed by atoms with Gasteiger partial charge in [0.15, 0.2) is 5.56 Å². The van der Waals surface area contributed by atoms with E-state index in [-0.39, 0.29) is 11.4 Å². The van der Waals surface area contributed by atoms with Crippen molar-refractivity contribution in [1.29, 1.82) is 5.26 Å². The van der Waals surface area contributed by atoms with Crippen LogP contribution < -0.4 is 21.3 Å². The standard InChI is InChI=1S/C22H22N4O3/c1-25-20(19(14-23)21(27)26(2)22(25)28)24-12-11-16-9-6-10-18(13-16)29-15-17-7-4-3-5-8-17/h3-10,13,24H,11-12,15H2,1-2H3. The second-order valence-electron chi connectivity index (χ2n) is 6.64. The molecule has 1 N–H and O–H groups in total. The number of hydrogen-bond donors (Lipinski definition) is 1. The SMILES string of the molecule is Cn1c(NCCc2cccc(OCc3ccccc3)c2)c(C#N)c(=O)n(C)c1=O. The van der Waals surface area contributed by atoms with E-state index in [1.54, 1.807) is 0 Å². The monoisotopic (exact) mass is 390 g/mol. The van der Waals surface area contributed by atoms with Crippen LogP contribution >= 0.6 is 0 Å². The number of nitrogens with zero attached hydrogens (tertiary/aromatic N) is 3. The fraction of sp³-hybridized carbons (Fsp3) is 0.227. The maximum absolute atomic E-state index is 12.1. The molecule has 148 valence electrons. The van der Waals surface area contributed by atoms with Gasteiger partial charge in [0.1, 0.15) is 24.2 Å². The summed E-state index contributed by atoms with van der Waals surface area (Å²) in [6, 6.07) is 19.6. The molecule has 0 amide bonds. The summed E-state index contributed by atoms with van der Waals surface area (Å²) in [5.74, 6) is 1.00. The van der Waals surface area contributed by atoms with Crippen molar-refractivity contribution in [2.75, 3.05) is 11.9 Å². The van der Waals surface area contributed by atoms with Crippen molar-refractivity contribution >= 4 is 5.82 Å². The van der Waals surface area contributed by atoms with E-state index in [0.29, 0.717) is 19.6 Å². The highest BCUT2D eigenvalue weighted by Crippen LogP contribution is 2.16. The van der Waals surface area contributed by atoms with Crippen molar-refractivity contribution in [3.05, 3.63) is 92.1 Å². The molecule has 0 radical (unpaired) electrons. The van der Waals surface area contributed by atoms with Crippen LogP contribution in [-0.4, -0.2) is 15.7 Å². The van der Waals surface area contributed by atoms with E-state index < -0.39 is 11.2 Å². The van der Waals surface area contributed by atoms with Crippen LogP contribution in [0.2, 0.25) is 0 Å². The average molecular weight is 390 g/mol. The highest BCUT2D eigenvalue weighted by molar-refractivity contribution is 5.51. The first-order valence-corrected chi connectivity index (χ1v) is 9.21. The molecule has 2 aromatic carbocycles. The molecule has 0 aliphatic rings. The second kappa shape index (κ2) is 8.93. The molecule has 3 aromatic rings. The molecule has 7 nitrogen and oxygen atoms in total. The Morgan fingerprint density at radius 2 is 1.72 bits per heavy atom. The number of rotatable bonds is 7. The second-order valence-corrected chi connectivity index (χ2v) is 6.64. The minimum absolute atomic E-state index is 0.0745. The van der Waals surface area contributed by atoms with Crippen molar-refractivity contribution in [2.45, 2.75) is 13.0 Å². The first kappa shape index (κ1) is 20.0. The van der Waals surface area contributed by atoms with Gasteiger partial charge in [-0.15, -0.1) is 0 Å². The molecule has 1 heterocycles. The average Bonchev–Trinajstić information content (AvgIpc) is 2.75. The van der Waals surface area contributed by atoms with Gasteiger partial charge in [0.25, 0.3) is 5.56 Å². The summed E-state index contributed by atoms with van der Waals surface area (Å²) in [5.41, 5.74) is 0.974. The maximum atomic E-state index is 12.1. The van der Waals surface area contributed by atoms with Gasteiger partial charge in [-0.2, -0.15) is 5.26 Å². The topological polar surface area (TPSA) is 89.1 Å². The van der Waals surface area contributed by atoms with Crippen molar-refractivity contribution in [1.82, 2.24) is 9.13 Å². The summed E-state index contributed by atoms with van der Waals surface area (Å²) in [5, 5.41) is 12.4. The van der Waals surface area contributed by atoms with Gasteiger partial charge < -0.3 is 10.1 Å². The quantitative estimate of drug-likeness (QED) is 0.668. The Hall–Kier alpha value is -3.79. The molecule has 1 aromatic heterocycles. The Balaban J connectivity index is 1.67. The van der Waals surface area contributed by atoms with E-state index >= 15 is 0 Å². The fourth-order valence-electron chi connectivity index (χ4n) is 3.01. The molecule has 0 aliphatic carbocycles. The minimum atomic E-state index is -0.602. The number of benzene rings is 2. The largest absolute Gasteiger partial charge is 0.489 e. The summed E-state index contributed by atoms with van der Waals surface area (Å²) in [7, 11) is 2.89. The van der Waals surface area contributed by atoms with Crippen LogP contribution in [0.25, 0.3) is 0 Å². The highest BCUT2D eigenvalue weighted by atomic mass is 16.5. The molecule has 0 unspecified atom stereocenters. The highest BCUT2D eigenvalue weighted by Gasteiger charge is 2.14. The predicted molar refractivity (Wildman–Crippen MR) is 111 cm³/mol.